The van der Waals surface area contributed by atoms with Crippen molar-refractivity contribution in [3.8, 4) is 5.69 Å². The van der Waals surface area contributed by atoms with E-state index in [-0.39, 0.29) is 5.56 Å². The van der Waals surface area contributed by atoms with Crippen LogP contribution in [0.4, 0.5) is 4.39 Å². The van der Waals surface area contributed by atoms with Crippen molar-refractivity contribution < 1.29 is 13.9 Å². The van der Waals surface area contributed by atoms with Crippen LogP contribution in [0.1, 0.15) is 10.4 Å². The van der Waals surface area contributed by atoms with E-state index < -0.39 is 17.5 Å². The third-order valence-electron chi connectivity index (χ3n) is 2.33. The van der Waals surface area contributed by atoms with Crippen molar-refractivity contribution in [2.75, 3.05) is 7.11 Å². The van der Waals surface area contributed by atoms with Gasteiger partial charge in [-0.3, -0.25) is 9.36 Å². The highest BCUT2D eigenvalue weighted by Crippen LogP contribution is 2.05. The van der Waals surface area contributed by atoms with E-state index in [4.69, 9.17) is 0 Å². The molecule has 0 bridgehead atoms. The number of halogens is 1. The summed E-state index contributed by atoms with van der Waals surface area (Å²) in [6.45, 7) is 0. The summed E-state index contributed by atoms with van der Waals surface area (Å²) in [5.41, 5.74) is 0.151. The summed E-state index contributed by atoms with van der Waals surface area (Å²) in [5.74, 6) is -1.21. The molecule has 0 aliphatic heterocycles. The minimum atomic E-state index is -0.627. The van der Waals surface area contributed by atoms with Gasteiger partial charge in [0, 0.05) is 12.3 Å². The van der Waals surface area contributed by atoms with E-state index in [2.05, 4.69) is 9.72 Å². The quantitative estimate of drug-likeness (QED) is 0.591. The fourth-order valence-corrected chi connectivity index (χ4v) is 1.45. The molecule has 0 saturated carbocycles. The number of nitrogens with zero attached hydrogens (tertiary/aromatic N) is 2. The average Bonchev–Trinajstić information content (AvgIpc) is 2.39. The fourth-order valence-electron chi connectivity index (χ4n) is 1.45. The van der Waals surface area contributed by atoms with E-state index in [9.17, 15) is 14.0 Å². The van der Waals surface area contributed by atoms with E-state index >= 15 is 0 Å². The lowest BCUT2D eigenvalue weighted by molar-refractivity contribution is 0.0600. The van der Waals surface area contributed by atoms with Gasteiger partial charge in [0.15, 0.2) is 0 Å². The molecule has 18 heavy (non-hydrogen) atoms. The minimum absolute atomic E-state index is 0.161. The Morgan fingerprint density at radius 2 is 2.17 bits per heavy atom. The number of pyridine rings is 2. The summed E-state index contributed by atoms with van der Waals surface area (Å²) in [7, 11) is 1.23. The van der Waals surface area contributed by atoms with E-state index in [1.807, 2.05) is 0 Å². The maximum Gasteiger partial charge on any atom is 0.338 e. The standard InChI is InChI=1S/C12H9FN2O3/c1-18-12(17)8-4-5-15(11(16)6-8)9-2-3-10(13)14-7-9/h2-7H,1H3. The van der Waals surface area contributed by atoms with Gasteiger partial charge < -0.3 is 4.74 Å². The Morgan fingerprint density at radius 3 is 2.72 bits per heavy atom. The highest BCUT2D eigenvalue weighted by atomic mass is 19.1. The molecule has 0 N–H and O–H groups in total. The molecule has 0 amide bonds. The molecule has 0 radical (unpaired) electrons. The summed E-state index contributed by atoms with van der Waals surface area (Å²) < 4.78 is 18.4. The smallest absolute Gasteiger partial charge is 0.338 e. The van der Waals surface area contributed by atoms with Crippen molar-refractivity contribution in [1.82, 2.24) is 9.55 Å². The Labute approximate surface area is 101 Å². The number of ether oxygens (including phenoxy) is 1. The zero-order valence-corrected chi connectivity index (χ0v) is 9.46. The molecule has 2 aromatic heterocycles. The van der Waals surface area contributed by atoms with Gasteiger partial charge in [-0.25, -0.2) is 9.78 Å². The first kappa shape index (κ1) is 12.0. The summed E-state index contributed by atoms with van der Waals surface area (Å²) in [6.07, 6.45) is 2.64. The highest BCUT2D eigenvalue weighted by Gasteiger charge is 2.08. The van der Waals surface area contributed by atoms with E-state index in [1.54, 1.807) is 0 Å². The molecule has 0 saturated heterocycles. The summed E-state index contributed by atoms with van der Waals surface area (Å²) in [4.78, 5) is 26.5. The Hall–Kier alpha value is -2.50. The van der Waals surface area contributed by atoms with Gasteiger partial charge in [0.25, 0.3) is 5.56 Å². The predicted octanol–water partition coefficient (Wildman–Crippen LogP) is 1.16. The fraction of sp³-hybridized carbons (Fsp3) is 0.0833. The van der Waals surface area contributed by atoms with Crippen molar-refractivity contribution >= 4 is 5.97 Å². The Kier molecular flexibility index (Phi) is 3.18. The molecule has 2 rings (SSSR count). The van der Waals surface area contributed by atoms with Crippen LogP contribution in [-0.4, -0.2) is 22.6 Å². The largest absolute Gasteiger partial charge is 0.465 e. The van der Waals surface area contributed by atoms with Gasteiger partial charge in [-0.15, -0.1) is 0 Å². The van der Waals surface area contributed by atoms with Crippen molar-refractivity contribution in [2.24, 2.45) is 0 Å². The lowest BCUT2D eigenvalue weighted by atomic mass is 10.2. The summed E-state index contributed by atoms with van der Waals surface area (Å²) >= 11 is 0. The maximum atomic E-state index is 12.7. The van der Waals surface area contributed by atoms with Crippen LogP contribution in [0, 0.1) is 5.95 Å². The Balaban J connectivity index is 2.45. The lowest BCUT2D eigenvalue weighted by Gasteiger charge is -2.05. The van der Waals surface area contributed by atoms with Crippen LogP contribution in [-0.2, 0) is 4.74 Å². The van der Waals surface area contributed by atoms with Gasteiger partial charge in [-0.05, 0) is 18.2 Å². The number of rotatable bonds is 2. The Morgan fingerprint density at radius 1 is 1.39 bits per heavy atom. The molecular formula is C12H9FN2O3. The van der Waals surface area contributed by atoms with Crippen molar-refractivity contribution in [1.29, 1.82) is 0 Å². The number of hydrogen-bond donors (Lipinski definition) is 0. The molecule has 92 valence electrons. The molecular weight excluding hydrogens is 239 g/mol. The van der Waals surface area contributed by atoms with Crippen LogP contribution < -0.4 is 5.56 Å². The SMILES string of the molecule is COC(=O)c1ccn(-c2ccc(F)nc2)c(=O)c1. The summed E-state index contributed by atoms with van der Waals surface area (Å²) in [6, 6.07) is 5.16. The number of methoxy groups -OCH3 is 1. The van der Waals surface area contributed by atoms with Gasteiger partial charge in [-0.2, -0.15) is 4.39 Å². The second-order valence-corrected chi connectivity index (χ2v) is 3.45. The third-order valence-corrected chi connectivity index (χ3v) is 2.33. The van der Waals surface area contributed by atoms with Crippen molar-refractivity contribution in [2.45, 2.75) is 0 Å². The van der Waals surface area contributed by atoms with Gasteiger partial charge in [0.1, 0.15) is 0 Å². The van der Waals surface area contributed by atoms with Gasteiger partial charge in [-0.1, -0.05) is 0 Å². The first-order chi connectivity index (χ1) is 8.61. The molecule has 0 unspecified atom stereocenters. The topological polar surface area (TPSA) is 61.2 Å². The molecule has 5 nitrogen and oxygen atoms in total. The molecule has 6 heteroatoms. The molecule has 0 fully saturated rings. The van der Waals surface area contributed by atoms with Crippen molar-refractivity contribution in [3.63, 3.8) is 0 Å². The summed E-state index contributed by atoms with van der Waals surface area (Å²) in [5, 5.41) is 0. The second kappa shape index (κ2) is 4.79. The van der Waals surface area contributed by atoms with Crippen LogP contribution >= 0.6 is 0 Å². The number of carbonyl (C=O) groups excluding carboxylic acids is 1. The number of carbonyl (C=O) groups is 1. The molecule has 0 spiro atoms. The number of hydrogen-bond acceptors (Lipinski definition) is 4. The van der Waals surface area contributed by atoms with E-state index in [0.29, 0.717) is 5.69 Å². The van der Waals surface area contributed by atoms with Crippen LogP contribution in [0.15, 0.2) is 41.5 Å². The predicted molar refractivity (Wildman–Crippen MR) is 61.1 cm³/mol. The molecule has 0 atom stereocenters. The molecule has 0 aliphatic rings. The van der Waals surface area contributed by atoms with Gasteiger partial charge in [0.05, 0.1) is 24.6 Å². The normalized spacial score (nSPS) is 10.1. The van der Waals surface area contributed by atoms with Gasteiger partial charge in [0.2, 0.25) is 5.95 Å². The number of esters is 1. The van der Waals surface area contributed by atoms with E-state index in [0.717, 1.165) is 12.1 Å². The Bertz CT molecular complexity index is 635. The minimum Gasteiger partial charge on any atom is -0.465 e. The molecule has 2 aromatic rings. The van der Waals surface area contributed by atoms with Crippen LogP contribution in [0.25, 0.3) is 5.69 Å². The lowest BCUT2D eigenvalue weighted by Crippen LogP contribution is -2.19. The first-order valence-electron chi connectivity index (χ1n) is 5.05. The van der Waals surface area contributed by atoms with Crippen molar-refractivity contribution in [3.05, 3.63) is 58.5 Å². The van der Waals surface area contributed by atoms with Gasteiger partial charge >= 0.3 is 5.97 Å². The zero-order chi connectivity index (χ0) is 13.1. The first-order valence-corrected chi connectivity index (χ1v) is 5.05. The monoisotopic (exact) mass is 248 g/mol. The highest BCUT2D eigenvalue weighted by molar-refractivity contribution is 5.89. The molecule has 0 aliphatic carbocycles. The van der Waals surface area contributed by atoms with E-state index in [1.165, 1.54) is 36.2 Å². The maximum absolute atomic E-state index is 12.7. The molecule has 2 heterocycles. The van der Waals surface area contributed by atoms with Crippen LogP contribution in [0.2, 0.25) is 0 Å². The number of aromatic nitrogens is 2. The molecule has 0 aromatic carbocycles. The van der Waals surface area contributed by atoms with Crippen LogP contribution in [0.3, 0.4) is 0 Å². The second-order valence-electron chi connectivity index (χ2n) is 3.45. The zero-order valence-electron chi connectivity index (χ0n) is 9.46. The average molecular weight is 248 g/mol. The van der Waals surface area contributed by atoms with Crippen LogP contribution in [0.5, 0.6) is 0 Å². The third kappa shape index (κ3) is 2.27.